The van der Waals surface area contributed by atoms with Crippen LogP contribution in [0.15, 0.2) is 48.5 Å². The van der Waals surface area contributed by atoms with Crippen LogP contribution < -0.4 is 15.4 Å². The number of hydrogen-bond acceptors (Lipinski definition) is 3. The molecule has 2 N–H and O–H groups in total. The van der Waals surface area contributed by atoms with Gasteiger partial charge in [0.1, 0.15) is 17.6 Å². The Balaban J connectivity index is 2.10. The zero-order chi connectivity index (χ0) is 20.0. The van der Waals surface area contributed by atoms with Crippen molar-refractivity contribution in [2.24, 2.45) is 5.92 Å². The Morgan fingerprint density at radius 2 is 1.59 bits per heavy atom. The summed E-state index contributed by atoms with van der Waals surface area (Å²) in [5, 5.41) is 5.66. The Morgan fingerprint density at radius 3 is 2.19 bits per heavy atom. The molecule has 0 aliphatic carbocycles. The van der Waals surface area contributed by atoms with Crippen molar-refractivity contribution in [2.45, 2.75) is 32.9 Å². The Morgan fingerprint density at radius 1 is 0.963 bits per heavy atom. The van der Waals surface area contributed by atoms with Crippen LogP contribution in [0.5, 0.6) is 5.75 Å². The number of para-hydroxylation sites is 1. The number of nitrogens with one attached hydrogen (secondary N) is 2. The van der Waals surface area contributed by atoms with Gasteiger partial charge in [0, 0.05) is 11.1 Å². The van der Waals surface area contributed by atoms with Gasteiger partial charge in [-0.1, -0.05) is 32.0 Å². The topological polar surface area (TPSA) is 67.4 Å². The number of hydrogen-bond donors (Lipinski definition) is 2. The quantitative estimate of drug-likeness (QED) is 0.782. The van der Waals surface area contributed by atoms with Crippen molar-refractivity contribution in [3.05, 3.63) is 65.5 Å². The molecule has 6 heteroatoms. The molecule has 0 fully saturated rings. The monoisotopic (exact) mass is 372 g/mol. The third-order valence-electron chi connectivity index (χ3n) is 4.31. The second kappa shape index (κ2) is 9.16. The second-order valence-electron chi connectivity index (χ2n) is 6.67. The number of ether oxygens (including phenoxy) is 1. The maximum atomic E-state index is 13.0. The van der Waals surface area contributed by atoms with Crippen LogP contribution in [0, 0.1) is 11.7 Å². The van der Waals surface area contributed by atoms with Crippen LogP contribution >= 0.6 is 0 Å². The number of benzene rings is 2. The number of amides is 2. The highest BCUT2D eigenvalue weighted by Gasteiger charge is 2.26. The van der Waals surface area contributed by atoms with Crippen LogP contribution in [-0.2, 0) is 4.79 Å². The van der Waals surface area contributed by atoms with Gasteiger partial charge in [0.2, 0.25) is 5.91 Å². The maximum absolute atomic E-state index is 13.0. The van der Waals surface area contributed by atoms with Gasteiger partial charge in [-0.3, -0.25) is 9.59 Å². The molecule has 2 amide bonds. The molecule has 0 aliphatic rings. The molecule has 2 aromatic carbocycles. The number of rotatable bonds is 7. The van der Waals surface area contributed by atoms with E-state index in [1.165, 1.54) is 24.3 Å². The van der Waals surface area contributed by atoms with E-state index in [0.29, 0.717) is 11.3 Å². The van der Waals surface area contributed by atoms with Gasteiger partial charge < -0.3 is 15.4 Å². The van der Waals surface area contributed by atoms with Gasteiger partial charge in [-0.2, -0.15) is 0 Å². The lowest BCUT2D eigenvalue weighted by molar-refractivity contribution is -0.124. The van der Waals surface area contributed by atoms with Crippen molar-refractivity contribution in [1.29, 1.82) is 0 Å². The molecule has 0 saturated carbocycles. The average molecular weight is 372 g/mol. The largest absolute Gasteiger partial charge is 0.496 e. The number of halogens is 1. The third-order valence-corrected chi connectivity index (χ3v) is 4.31. The van der Waals surface area contributed by atoms with Crippen molar-refractivity contribution in [2.75, 3.05) is 7.11 Å². The van der Waals surface area contributed by atoms with E-state index in [4.69, 9.17) is 4.74 Å². The molecule has 144 valence electrons. The van der Waals surface area contributed by atoms with E-state index in [-0.39, 0.29) is 17.9 Å². The number of carbonyl (C=O) groups excluding carboxylic acids is 2. The summed E-state index contributed by atoms with van der Waals surface area (Å²) in [6.07, 6.45) is 0. The Bertz CT molecular complexity index is 790. The minimum Gasteiger partial charge on any atom is -0.496 e. The molecule has 2 unspecified atom stereocenters. The molecular formula is C21H25FN2O3. The fraction of sp³-hybridized carbons (Fsp3) is 0.333. The van der Waals surface area contributed by atoms with Crippen molar-refractivity contribution < 1.29 is 18.7 Å². The van der Waals surface area contributed by atoms with Crippen molar-refractivity contribution in [1.82, 2.24) is 10.6 Å². The van der Waals surface area contributed by atoms with Gasteiger partial charge in [-0.15, -0.1) is 0 Å². The lowest BCUT2D eigenvalue weighted by atomic mass is 10.0. The van der Waals surface area contributed by atoms with Crippen LogP contribution in [0.2, 0.25) is 0 Å². The van der Waals surface area contributed by atoms with E-state index >= 15 is 0 Å². The fourth-order valence-electron chi connectivity index (χ4n) is 2.77. The van der Waals surface area contributed by atoms with Crippen LogP contribution in [0.3, 0.4) is 0 Å². The molecule has 0 spiro atoms. The second-order valence-corrected chi connectivity index (χ2v) is 6.67. The fourth-order valence-corrected chi connectivity index (χ4v) is 2.77. The zero-order valence-corrected chi connectivity index (χ0v) is 16.0. The van der Waals surface area contributed by atoms with Crippen molar-refractivity contribution in [3.63, 3.8) is 0 Å². The van der Waals surface area contributed by atoms with Crippen LogP contribution in [0.25, 0.3) is 0 Å². The number of carbonyl (C=O) groups is 2. The van der Waals surface area contributed by atoms with Crippen molar-refractivity contribution >= 4 is 11.8 Å². The molecule has 2 atom stereocenters. The van der Waals surface area contributed by atoms with Gasteiger partial charge in [-0.25, -0.2) is 4.39 Å². The highest BCUT2D eigenvalue weighted by molar-refractivity contribution is 5.97. The molecule has 0 bridgehead atoms. The SMILES string of the molecule is COc1ccccc1C(C)NC(=O)C(NC(=O)c1ccc(F)cc1)C(C)C. The molecule has 27 heavy (non-hydrogen) atoms. The van der Waals surface area contributed by atoms with E-state index in [0.717, 1.165) is 5.56 Å². The van der Waals surface area contributed by atoms with Gasteiger partial charge in [0.05, 0.1) is 13.2 Å². The van der Waals surface area contributed by atoms with Crippen molar-refractivity contribution in [3.8, 4) is 5.75 Å². The van der Waals surface area contributed by atoms with E-state index < -0.39 is 17.8 Å². The van der Waals surface area contributed by atoms with Gasteiger partial charge in [0.25, 0.3) is 5.91 Å². The Hall–Kier alpha value is -2.89. The average Bonchev–Trinajstić information content (AvgIpc) is 2.65. The molecule has 0 heterocycles. The summed E-state index contributed by atoms with van der Waals surface area (Å²) >= 11 is 0. The third kappa shape index (κ3) is 5.29. The molecule has 0 aromatic heterocycles. The van der Waals surface area contributed by atoms with E-state index in [1.807, 2.05) is 45.0 Å². The van der Waals surface area contributed by atoms with Gasteiger partial charge >= 0.3 is 0 Å². The summed E-state index contributed by atoms with van der Waals surface area (Å²) in [5.74, 6) is -0.580. The predicted octanol–water partition coefficient (Wildman–Crippen LogP) is 3.47. The summed E-state index contributed by atoms with van der Waals surface area (Å²) in [7, 11) is 1.58. The molecule has 2 rings (SSSR count). The highest BCUT2D eigenvalue weighted by atomic mass is 19.1. The molecule has 0 aliphatic heterocycles. The van der Waals surface area contributed by atoms with Crippen LogP contribution in [0.4, 0.5) is 4.39 Å². The molecular weight excluding hydrogens is 347 g/mol. The maximum Gasteiger partial charge on any atom is 0.251 e. The van der Waals surface area contributed by atoms with Crippen LogP contribution in [0.1, 0.15) is 42.7 Å². The first-order valence-electron chi connectivity index (χ1n) is 8.83. The summed E-state index contributed by atoms with van der Waals surface area (Å²) in [4.78, 5) is 25.2. The van der Waals surface area contributed by atoms with Gasteiger partial charge in [0.15, 0.2) is 0 Å². The summed E-state index contributed by atoms with van der Waals surface area (Å²) < 4.78 is 18.4. The lowest BCUT2D eigenvalue weighted by Crippen LogP contribution is -2.50. The molecule has 0 radical (unpaired) electrons. The predicted molar refractivity (Wildman–Crippen MR) is 102 cm³/mol. The van der Waals surface area contributed by atoms with Crippen LogP contribution in [-0.4, -0.2) is 25.0 Å². The zero-order valence-electron chi connectivity index (χ0n) is 16.0. The summed E-state index contributed by atoms with van der Waals surface area (Å²) in [6, 6.07) is 11.6. The van der Waals surface area contributed by atoms with E-state index in [1.54, 1.807) is 7.11 Å². The molecule has 5 nitrogen and oxygen atoms in total. The Kier molecular flexibility index (Phi) is 6.93. The smallest absolute Gasteiger partial charge is 0.251 e. The van der Waals surface area contributed by atoms with Gasteiger partial charge in [-0.05, 0) is 43.2 Å². The molecule has 0 saturated heterocycles. The number of methoxy groups -OCH3 is 1. The summed E-state index contributed by atoms with van der Waals surface area (Å²) in [6.45, 7) is 5.56. The lowest BCUT2D eigenvalue weighted by Gasteiger charge is -2.25. The first-order valence-corrected chi connectivity index (χ1v) is 8.83. The Labute approximate surface area is 158 Å². The van der Waals surface area contributed by atoms with E-state index in [9.17, 15) is 14.0 Å². The highest BCUT2D eigenvalue weighted by Crippen LogP contribution is 2.24. The normalized spacial score (nSPS) is 13.0. The van der Waals surface area contributed by atoms with E-state index in [2.05, 4.69) is 10.6 Å². The minimum atomic E-state index is -0.722. The first-order chi connectivity index (χ1) is 12.8. The first kappa shape index (κ1) is 20.4. The summed E-state index contributed by atoms with van der Waals surface area (Å²) in [5.41, 5.74) is 1.15. The standard InChI is InChI=1S/C21H25FN2O3/c1-13(2)19(24-20(25)15-9-11-16(22)12-10-15)21(26)23-14(3)17-7-5-6-8-18(17)27-4/h5-14,19H,1-4H3,(H,23,26)(H,24,25). The minimum absolute atomic E-state index is 0.126. The molecule has 2 aromatic rings.